The first kappa shape index (κ1) is 22.6. The first-order valence-electron chi connectivity index (χ1n) is 1.07. The number of hydrogen-bond donors (Lipinski definition) is 1. The number of rotatable bonds is 0. The summed E-state index contributed by atoms with van der Waals surface area (Å²) in [5.74, 6) is 0. The predicted octanol–water partition coefficient (Wildman–Crippen LogP) is -8.67. The van der Waals surface area contributed by atoms with Crippen molar-refractivity contribution in [2.75, 3.05) is 0 Å². The first-order valence-corrected chi connectivity index (χ1v) is 3.41. The van der Waals surface area contributed by atoms with Gasteiger partial charge in [0.05, 0.1) is 0 Å². The summed E-state index contributed by atoms with van der Waals surface area (Å²) in [6.07, 6.45) is 0. The molecule has 0 aromatic heterocycles. The molecule has 0 fully saturated rings. The molecule has 50 valence electrons. The van der Waals surface area contributed by atoms with E-state index in [4.69, 9.17) is 23.1 Å². The van der Waals surface area contributed by atoms with E-state index in [-0.39, 0.29) is 64.5 Å². The summed E-state index contributed by atoms with van der Waals surface area (Å²) in [7, 11) is -4.33. The minimum absolute atomic E-state index is 0. The van der Waals surface area contributed by atoms with Crippen LogP contribution in [-0.4, -0.2) is 13.0 Å². The van der Waals surface area contributed by atoms with Crippen LogP contribution in [0, 0.1) is 10.1 Å². The van der Waals surface area contributed by atoms with Crippen LogP contribution < -0.4 is 64.5 Å². The van der Waals surface area contributed by atoms with E-state index in [9.17, 15) is 0 Å². The summed E-state index contributed by atoms with van der Waals surface area (Å²) in [4.78, 5) is 8.12. The average Bonchev–Trinajstić information content (AvgIpc) is 1.27. The molecule has 0 atom stereocenters. The summed E-state index contributed by atoms with van der Waals surface area (Å²) >= 11 is 3.24. The zero-order valence-corrected chi connectivity index (χ0v) is 11.0. The SMILES string of the molecule is O=S(=O)([O-])[S-].O=[NH+][O-].[Na+].[Na+]. The summed E-state index contributed by atoms with van der Waals surface area (Å²) < 4.78 is 26.7. The molecular formula is HNNa2O5S2. The van der Waals surface area contributed by atoms with Crippen molar-refractivity contribution in [1.82, 2.24) is 0 Å². The molecule has 0 aromatic rings. The smallest absolute Gasteiger partial charge is 0.768 e. The van der Waals surface area contributed by atoms with Gasteiger partial charge in [0.2, 0.25) is 0 Å². The van der Waals surface area contributed by atoms with Gasteiger partial charge in [-0.2, -0.15) is 0 Å². The maximum Gasteiger partial charge on any atom is 1.00 e. The van der Waals surface area contributed by atoms with Crippen LogP contribution in [0.5, 0.6) is 0 Å². The van der Waals surface area contributed by atoms with Crippen LogP contribution in [0.2, 0.25) is 0 Å². The summed E-state index contributed by atoms with van der Waals surface area (Å²) in [6, 6.07) is 0. The van der Waals surface area contributed by atoms with E-state index in [1.165, 1.54) is 0 Å². The molecule has 10 heteroatoms. The Labute approximate surface area is 107 Å². The zero-order valence-electron chi connectivity index (χ0n) is 5.36. The molecule has 0 aliphatic heterocycles. The van der Waals surface area contributed by atoms with Gasteiger partial charge in [0.1, 0.15) is 0 Å². The Bertz CT molecular complexity index is 132. The molecule has 0 saturated heterocycles. The van der Waals surface area contributed by atoms with Crippen LogP contribution >= 0.6 is 0 Å². The Morgan fingerprint density at radius 2 is 1.30 bits per heavy atom. The van der Waals surface area contributed by atoms with Crippen LogP contribution in [0.1, 0.15) is 0 Å². The van der Waals surface area contributed by atoms with Crippen LogP contribution in [0.15, 0.2) is 0 Å². The maximum atomic E-state index is 8.89. The quantitative estimate of drug-likeness (QED) is 0.105. The summed E-state index contributed by atoms with van der Waals surface area (Å²) in [6.45, 7) is 0. The van der Waals surface area contributed by atoms with E-state index in [0.717, 1.165) is 0 Å². The van der Waals surface area contributed by atoms with Gasteiger partial charge in [-0.3, -0.25) is 18.5 Å². The van der Waals surface area contributed by atoms with Gasteiger partial charge in [0.15, 0.2) is 0 Å². The van der Waals surface area contributed by atoms with E-state index in [1.807, 2.05) is 0 Å². The van der Waals surface area contributed by atoms with E-state index in [1.54, 1.807) is 0 Å². The molecular weight excluding hydrogens is 204 g/mol. The largest absolute Gasteiger partial charge is 1.00 e. The Morgan fingerprint density at radius 3 is 1.30 bits per heavy atom. The summed E-state index contributed by atoms with van der Waals surface area (Å²) in [5.41, 5.74) is 0. The molecule has 6 nitrogen and oxygen atoms in total. The Kier molecular flexibility index (Phi) is 30.0. The van der Waals surface area contributed by atoms with E-state index in [0.29, 0.717) is 0 Å². The monoisotopic (exact) mass is 205 g/mol. The molecule has 0 saturated carbocycles. The molecule has 1 N–H and O–H groups in total. The van der Waals surface area contributed by atoms with Crippen molar-refractivity contribution in [2.24, 2.45) is 0 Å². The molecule has 0 unspecified atom stereocenters. The van der Waals surface area contributed by atoms with Gasteiger partial charge in [-0.05, 0) is 9.15 Å². The van der Waals surface area contributed by atoms with Crippen LogP contribution in [0.25, 0.3) is 0 Å². The third kappa shape index (κ3) is 263. The van der Waals surface area contributed by atoms with Gasteiger partial charge in [0.25, 0.3) is 0 Å². The van der Waals surface area contributed by atoms with Gasteiger partial charge in [0, 0.05) is 5.34 Å². The topological polar surface area (TPSA) is 111 Å². The number of hydrogen-bond acceptors (Lipinski definition) is 6. The van der Waals surface area contributed by atoms with Gasteiger partial charge < -0.3 is 16.2 Å². The fraction of sp³-hybridized carbons (Fsp3) is 0. The normalized spacial score (nSPS) is 7.00. The van der Waals surface area contributed by atoms with Crippen molar-refractivity contribution >= 4 is 20.8 Å². The Balaban J connectivity index is -0.0000000326. The third-order valence-corrected chi connectivity index (χ3v) is 0. The van der Waals surface area contributed by atoms with Crippen molar-refractivity contribution in [3.05, 3.63) is 10.1 Å². The second kappa shape index (κ2) is 13.3. The molecule has 10 heavy (non-hydrogen) atoms. The fourth-order valence-corrected chi connectivity index (χ4v) is 0. The third-order valence-electron chi connectivity index (χ3n) is 0. The fourth-order valence-electron chi connectivity index (χ4n) is 0. The van der Waals surface area contributed by atoms with Crippen molar-refractivity contribution in [3.8, 4) is 0 Å². The Hall–Kier alpha value is 1.66. The van der Waals surface area contributed by atoms with E-state index < -0.39 is 9.15 Å². The second-order valence-corrected chi connectivity index (χ2v) is 2.53. The van der Waals surface area contributed by atoms with Crippen molar-refractivity contribution in [1.29, 1.82) is 0 Å². The van der Waals surface area contributed by atoms with E-state index >= 15 is 0 Å². The van der Waals surface area contributed by atoms with Crippen molar-refractivity contribution < 1.29 is 77.4 Å². The second-order valence-electron chi connectivity index (χ2n) is 0.492. The standard InChI is InChI=1S/HNO2.2Na.H2O3S2/c2-1-3;;;1-5(2,3)4/h1H;;;(H2,1,2,3,4)/q;2*+1;/p-2. The zero-order chi connectivity index (χ0) is 7.21. The maximum absolute atomic E-state index is 8.89. The molecule has 0 spiro atoms. The van der Waals surface area contributed by atoms with Gasteiger partial charge in [-0.15, -0.1) is 0 Å². The molecule has 0 aliphatic carbocycles. The molecule has 0 bridgehead atoms. The van der Waals surface area contributed by atoms with Gasteiger partial charge >= 0.3 is 59.1 Å². The minimum Gasteiger partial charge on any atom is -0.768 e. The molecule has 0 radical (unpaired) electrons. The van der Waals surface area contributed by atoms with Crippen LogP contribution in [0.4, 0.5) is 0 Å². The Morgan fingerprint density at radius 1 is 1.30 bits per heavy atom. The minimum atomic E-state index is -4.33. The van der Waals surface area contributed by atoms with Gasteiger partial charge in [-0.1, -0.05) is 0 Å². The van der Waals surface area contributed by atoms with Crippen molar-refractivity contribution in [2.45, 2.75) is 0 Å². The molecule has 0 heterocycles. The number of nitrogens with one attached hydrogen (secondary N) is 1. The predicted molar refractivity (Wildman–Crippen MR) is 24.8 cm³/mol. The van der Waals surface area contributed by atoms with Crippen LogP contribution in [0.3, 0.4) is 0 Å². The average molecular weight is 205 g/mol. The molecule has 0 amide bonds. The van der Waals surface area contributed by atoms with Crippen molar-refractivity contribution in [3.63, 3.8) is 0 Å². The summed E-state index contributed by atoms with van der Waals surface area (Å²) in [5, 5.41) is 8.38. The van der Waals surface area contributed by atoms with Gasteiger partial charge in [-0.25, -0.2) is 0 Å². The van der Waals surface area contributed by atoms with Crippen LogP contribution in [-0.2, 0) is 20.8 Å². The molecule has 0 aliphatic rings. The first-order chi connectivity index (χ1) is 3.41. The molecule has 0 aromatic carbocycles. The van der Waals surface area contributed by atoms with E-state index in [2.05, 4.69) is 11.7 Å². The molecule has 0 rings (SSSR count).